The number of nitrogens with zero attached hydrogens (tertiary/aromatic N) is 1. The van der Waals surface area contributed by atoms with Gasteiger partial charge >= 0.3 is 0 Å². The molecule has 0 aromatic heterocycles. The number of carbonyl (C=O) groups excluding carboxylic acids is 2. The summed E-state index contributed by atoms with van der Waals surface area (Å²) in [6.07, 6.45) is 0.734. The van der Waals surface area contributed by atoms with Crippen LogP contribution in [0.2, 0.25) is 0 Å². The summed E-state index contributed by atoms with van der Waals surface area (Å²) in [5.74, 6) is 0.358. The summed E-state index contributed by atoms with van der Waals surface area (Å²) in [6.45, 7) is 9.69. The molecule has 0 fully saturated rings. The third-order valence-electron chi connectivity index (χ3n) is 3.26. The van der Waals surface area contributed by atoms with E-state index < -0.39 is 0 Å². The van der Waals surface area contributed by atoms with Gasteiger partial charge in [-0.3, -0.25) is 9.59 Å². The highest BCUT2D eigenvalue weighted by Crippen LogP contribution is 2.11. The standard InChI is InChI=1S/C19H30BrN5O2.HI/c1-5-21-18(24-13-16(26)25-19(2,3)4)23-11-7-10-22-17(27)14-8-6-9-15(20)12-14;/h6,8-9,12H,5,7,10-11,13H2,1-4H3,(H,22,27)(H,25,26)(H2,21,23,24);1H. The number of rotatable bonds is 8. The summed E-state index contributed by atoms with van der Waals surface area (Å²) < 4.78 is 0.874. The SMILES string of the molecule is CCNC(=NCC(=O)NC(C)(C)C)NCCCNC(=O)c1cccc(Br)c1.I. The molecule has 0 radical (unpaired) electrons. The summed E-state index contributed by atoms with van der Waals surface area (Å²) in [6, 6.07) is 7.27. The van der Waals surface area contributed by atoms with Gasteiger partial charge in [-0.25, -0.2) is 4.99 Å². The van der Waals surface area contributed by atoms with Crippen LogP contribution in [0.15, 0.2) is 33.7 Å². The van der Waals surface area contributed by atoms with E-state index in [-0.39, 0.29) is 47.9 Å². The Hall–Kier alpha value is -1.36. The predicted octanol–water partition coefficient (Wildman–Crippen LogP) is 2.66. The molecule has 0 saturated heterocycles. The molecule has 1 aromatic rings. The number of carbonyl (C=O) groups is 2. The number of guanidine groups is 1. The first kappa shape index (κ1) is 26.6. The quantitative estimate of drug-likeness (QED) is 0.168. The second-order valence-corrected chi connectivity index (χ2v) is 7.96. The Balaban J connectivity index is 0.00000729. The van der Waals surface area contributed by atoms with Gasteiger partial charge in [-0.15, -0.1) is 24.0 Å². The summed E-state index contributed by atoms with van der Waals surface area (Å²) in [4.78, 5) is 28.2. The molecular formula is C19H31BrIN5O2. The van der Waals surface area contributed by atoms with Gasteiger partial charge in [0, 0.05) is 35.2 Å². The Bertz CT molecular complexity index is 662. The van der Waals surface area contributed by atoms with Crippen LogP contribution in [0.1, 0.15) is 44.5 Å². The smallest absolute Gasteiger partial charge is 0.251 e. The van der Waals surface area contributed by atoms with Crippen LogP contribution in [0.5, 0.6) is 0 Å². The van der Waals surface area contributed by atoms with E-state index in [1.54, 1.807) is 12.1 Å². The molecule has 1 aromatic carbocycles. The molecule has 0 heterocycles. The molecule has 4 N–H and O–H groups in total. The van der Waals surface area contributed by atoms with E-state index in [0.717, 1.165) is 10.9 Å². The number of hydrogen-bond donors (Lipinski definition) is 4. The van der Waals surface area contributed by atoms with E-state index in [2.05, 4.69) is 42.2 Å². The van der Waals surface area contributed by atoms with Crippen LogP contribution in [0, 0.1) is 0 Å². The van der Waals surface area contributed by atoms with Crippen molar-refractivity contribution in [2.75, 3.05) is 26.2 Å². The topological polar surface area (TPSA) is 94.6 Å². The fourth-order valence-electron chi connectivity index (χ4n) is 2.18. The largest absolute Gasteiger partial charge is 0.357 e. The maximum atomic E-state index is 12.1. The highest BCUT2D eigenvalue weighted by Gasteiger charge is 2.13. The second kappa shape index (κ2) is 13.8. The average Bonchev–Trinajstić information content (AvgIpc) is 2.57. The van der Waals surface area contributed by atoms with E-state index in [9.17, 15) is 9.59 Å². The van der Waals surface area contributed by atoms with Gasteiger partial charge in [0.1, 0.15) is 6.54 Å². The van der Waals surface area contributed by atoms with Gasteiger partial charge < -0.3 is 21.3 Å². The lowest BCUT2D eigenvalue weighted by atomic mass is 10.1. The van der Waals surface area contributed by atoms with Crippen molar-refractivity contribution in [3.63, 3.8) is 0 Å². The molecule has 0 aliphatic heterocycles. The molecule has 7 nitrogen and oxygen atoms in total. The summed E-state index contributed by atoms with van der Waals surface area (Å²) in [5, 5.41) is 12.0. The van der Waals surface area contributed by atoms with Crippen molar-refractivity contribution in [3.8, 4) is 0 Å². The maximum Gasteiger partial charge on any atom is 0.251 e. The molecule has 0 unspecified atom stereocenters. The molecule has 28 heavy (non-hydrogen) atoms. The minimum Gasteiger partial charge on any atom is -0.357 e. The molecule has 9 heteroatoms. The van der Waals surface area contributed by atoms with Crippen LogP contribution >= 0.6 is 39.9 Å². The lowest BCUT2D eigenvalue weighted by molar-refractivity contribution is -0.121. The van der Waals surface area contributed by atoms with Gasteiger partial charge in [-0.1, -0.05) is 22.0 Å². The zero-order valence-electron chi connectivity index (χ0n) is 16.9. The van der Waals surface area contributed by atoms with E-state index in [1.165, 1.54) is 0 Å². The van der Waals surface area contributed by atoms with Gasteiger partial charge in [-0.05, 0) is 52.3 Å². The molecule has 0 aliphatic carbocycles. The van der Waals surface area contributed by atoms with Crippen LogP contribution < -0.4 is 21.3 Å². The van der Waals surface area contributed by atoms with Crippen molar-refractivity contribution in [2.45, 2.75) is 39.7 Å². The Morgan fingerprint density at radius 3 is 2.39 bits per heavy atom. The Morgan fingerprint density at radius 1 is 1.11 bits per heavy atom. The number of nitrogens with one attached hydrogen (secondary N) is 4. The van der Waals surface area contributed by atoms with Crippen molar-refractivity contribution in [1.82, 2.24) is 21.3 Å². The molecule has 0 aliphatic rings. The maximum absolute atomic E-state index is 12.1. The first-order valence-corrected chi connectivity index (χ1v) is 9.87. The second-order valence-electron chi connectivity index (χ2n) is 7.04. The third-order valence-corrected chi connectivity index (χ3v) is 3.75. The summed E-state index contributed by atoms with van der Waals surface area (Å²) >= 11 is 3.36. The van der Waals surface area contributed by atoms with E-state index in [1.807, 2.05) is 39.8 Å². The molecule has 0 spiro atoms. The van der Waals surface area contributed by atoms with Crippen molar-refractivity contribution < 1.29 is 9.59 Å². The van der Waals surface area contributed by atoms with E-state index in [0.29, 0.717) is 31.2 Å². The molecular weight excluding hydrogens is 537 g/mol. The summed E-state index contributed by atoms with van der Waals surface area (Å²) in [5.41, 5.74) is 0.349. The molecule has 0 saturated carbocycles. The lowest BCUT2D eigenvalue weighted by Gasteiger charge is -2.20. The minimum atomic E-state index is -0.273. The molecule has 0 bridgehead atoms. The van der Waals surface area contributed by atoms with Crippen molar-refractivity contribution in [2.24, 2.45) is 4.99 Å². The predicted molar refractivity (Wildman–Crippen MR) is 128 cm³/mol. The average molecular weight is 568 g/mol. The van der Waals surface area contributed by atoms with Crippen molar-refractivity contribution in [1.29, 1.82) is 0 Å². The van der Waals surface area contributed by atoms with Crippen LogP contribution in [0.4, 0.5) is 0 Å². The fraction of sp³-hybridized carbons (Fsp3) is 0.526. The van der Waals surface area contributed by atoms with Gasteiger partial charge in [-0.2, -0.15) is 0 Å². The Labute approximate surface area is 193 Å². The monoisotopic (exact) mass is 567 g/mol. The van der Waals surface area contributed by atoms with Gasteiger partial charge in [0.15, 0.2) is 5.96 Å². The molecule has 158 valence electrons. The molecule has 0 atom stereocenters. The Morgan fingerprint density at radius 2 is 1.79 bits per heavy atom. The fourth-order valence-corrected chi connectivity index (χ4v) is 2.58. The zero-order chi connectivity index (χ0) is 20.3. The van der Waals surface area contributed by atoms with Crippen LogP contribution in [0.25, 0.3) is 0 Å². The molecule has 1 rings (SSSR count). The van der Waals surface area contributed by atoms with Gasteiger partial charge in [0.25, 0.3) is 5.91 Å². The lowest BCUT2D eigenvalue weighted by Crippen LogP contribution is -2.43. The number of amides is 2. The third kappa shape index (κ3) is 12.2. The van der Waals surface area contributed by atoms with E-state index >= 15 is 0 Å². The number of benzene rings is 1. The first-order valence-electron chi connectivity index (χ1n) is 9.08. The highest BCUT2D eigenvalue weighted by atomic mass is 127. The first-order chi connectivity index (χ1) is 12.7. The Kier molecular flexibility index (Phi) is 13.1. The van der Waals surface area contributed by atoms with Crippen LogP contribution in [-0.2, 0) is 4.79 Å². The zero-order valence-corrected chi connectivity index (χ0v) is 20.8. The molecule has 2 amide bonds. The summed E-state index contributed by atoms with van der Waals surface area (Å²) in [7, 11) is 0. The van der Waals surface area contributed by atoms with Crippen molar-refractivity contribution >= 4 is 57.7 Å². The normalized spacial score (nSPS) is 11.2. The highest BCUT2D eigenvalue weighted by molar-refractivity contribution is 14.0. The van der Waals surface area contributed by atoms with Gasteiger partial charge in [0.05, 0.1) is 0 Å². The number of hydrogen-bond acceptors (Lipinski definition) is 3. The van der Waals surface area contributed by atoms with Crippen LogP contribution in [-0.4, -0.2) is 49.5 Å². The number of halogens is 2. The van der Waals surface area contributed by atoms with Gasteiger partial charge in [0.2, 0.25) is 5.91 Å². The van der Waals surface area contributed by atoms with Crippen LogP contribution in [0.3, 0.4) is 0 Å². The van der Waals surface area contributed by atoms with E-state index in [4.69, 9.17) is 0 Å². The number of aliphatic imine (C=N–C) groups is 1. The minimum absolute atomic E-state index is 0. The van der Waals surface area contributed by atoms with Crippen molar-refractivity contribution in [3.05, 3.63) is 34.3 Å².